The molecular weight excluding hydrogens is 204 g/mol. The predicted molar refractivity (Wildman–Crippen MR) is 41.7 cm³/mol. The van der Waals surface area contributed by atoms with Gasteiger partial charge in [0.05, 0.1) is 4.70 Å². The number of hydrogen-bond acceptors (Lipinski definition) is 1. The van der Waals surface area contributed by atoms with Crippen molar-refractivity contribution in [2.45, 2.75) is 0 Å². The summed E-state index contributed by atoms with van der Waals surface area (Å²) in [5, 5.41) is 1.15. The molecule has 2 aromatic rings. The molecule has 0 nitrogen and oxygen atoms in total. The molecule has 0 spiro atoms. The summed E-state index contributed by atoms with van der Waals surface area (Å²) < 4.78 is 50.8. The van der Waals surface area contributed by atoms with E-state index < -0.39 is 23.3 Å². The zero-order valence-electron chi connectivity index (χ0n) is 6.07. The third-order valence-electron chi connectivity index (χ3n) is 1.68. The van der Waals surface area contributed by atoms with Crippen LogP contribution < -0.4 is 0 Å². The topological polar surface area (TPSA) is 0 Å². The van der Waals surface area contributed by atoms with Gasteiger partial charge in [0.1, 0.15) is 0 Å². The average molecular weight is 206 g/mol. The van der Waals surface area contributed by atoms with Gasteiger partial charge in [0.25, 0.3) is 0 Å². The van der Waals surface area contributed by atoms with Crippen molar-refractivity contribution in [3.05, 3.63) is 34.7 Å². The number of thiophene rings is 1. The summed E-state index contributed by atoms with van der Waals surface area (Å²) in [6.45, 7) is 0. The number of halogens is 4. The highest BCUT2D eigenvalue weighted by molar-refractivity contribution is 7.17. The molecule has 68 valence electrons. The molecule has 2 rings (SSSR count). The fourth-order valence-electron chi connectivity index (χ4n) is 1.06. The quantitative estimate of drug-likeness (QED) is 0.352. The monoisotopic (exact) mass is 206 g/mol. The molecule has 0 unspecified atom stereocenters. The van der Waals surface area contributed by atoms with Crippen LogP contribution in [0.2, 0.25) is 0 Å². The SMILES string of the molecule is Fc1c(F)c(F)c2sccc2c1F. The first-order valence-electron chi connectivity index (χ1n) is 3.32. The van der Waals surface area contributed by atoms with Crippen LogP contribution in [0.4, 0.5) is 17.6 Å². The van der Waals surface area contributed by atoms with E-state index >= 15 is 0 Å². The third kappa shape index (κ3) is 1.03. The van der Waals surface area contributed by atoms with Crippen LogP contribution in [0.3, 0.4) is 0 Å². The van der Waals surface area contributed by atoms with Crippen molar-refractivity contribution in [3.8, 4) is 0 Å². The summed E-state index contributed by atoms with van der Waals surface area (Å²) in [7, 11) is 0. The van der Waals surface area contributed by atoms with Gasteiger partial charge in [-0.3, -0.25) is 0 Å². The van der Waals surface area contributed by atoms with Crippen LogP contribution in [0.25, 0.3) is 10.1 Å². The minimum atomic E-state index is -1.76. The molecule has 0 atom stereocenters. The zero-order valence-corrected chi connectivity index (χ0v) is 6.89. The van der Waals surface area contributed by atoms with Crippen molar-refractivity contribution < 1.29 is 17.6 Å². The lowest BCUT2D eigenvalue weighted by Crippen LogP contribution is -1.95. The Bertz CT molecular complexity index is 432. The summed E-state index contributed by atoms with van der Waals surface area (Å²) in [6.07, 6.45) is 0. The molecule has 1 aromatic heterocycles. The Hall–Kier alpha value is -1.10. The summed E-state index contributed by atoms with van der Waals surface area (Å²) in [6, 6.07) is 1.21. The highest BCUT2D eigenvalue weighted by Crippen LogP contribution is 2.30. The average Bonchev–Trinajstić information content (AvgIpc) is 2.59. The summed E-state index contributed by atoms with van der Waals surface area (Å²) in [5.41, 5.74) is 0. The smallest absolute Gasteiger partial charge is 0.198 e. The second-order valence-electron chi connectivity index (χ2n) is 2.42. The van der Waals surface area contributed by atoms with Gasteiger partial charge >= 0.3 is 0 Å². The molecule has 13 heavy (non-hydrogen) atoms. The molecule has 0 aliphatic heterocycles. The van der Waals surface area contributed by atoms with Crippen molar-refractivity contribution >= 4 is 21.4 Å². The van der Waals surface area contributed by atoms with E-state index in [4.69, 9.17) is 0 Å². The van der Waals surface area contributed by atoms with Gasteiger partial charge in [-0.2, -0.15) is 0 Å². The van der Waals surface area contributed by atoms with E-state index in [1.54, 1.807) is 0 Å². The highest BCUT2D eigenvalue weighted by atomic mass is 32.1. The van der Waals surface area contributed by atoms with E-state index in [0.717, 1.165) is 11.3 Å². The Labute approximate surface area is 74.4 Å². The van der Waals surface area contributed by atoms with Gasteiger partial charge in [-0.05, 0) is 11.4 Å². The Morgan fingerprint density at radius 2 is 1.46 bits per heavy atom. The maximum atomic E-state index is 12.9. The molecule has 1 heterocycles. The van der Waals surface area contributed by atoms with E-state index in [2.05, 4.69) is 0 Å². The van der Waals surface area contributed by atoms with Crippen LogP contribution in [0.15, 0.2) is 11.4 Å². The first-order chi connectivity index (χ1) is 6.13. The van der Waals surface area contributed by atoms with Crippen molar-refractivity contribution in [2.24, 2.45) is 0 Å². The molecule has 0 bridgehead atoms. The molecule has 0 saturated heterocycles. The molecule has 0 aliphatic rings. The molecule has 0 radical (unpaired) electrons. The van der Waals surface area contributed by atoms with Crippen LogP contribution in [0.1, 0.15) is 0 Å². The zero-order chi connectivity index (χ0) is 9.59. The number of fused-ring (bicyclic) bond motifs is 1. The minimum absolute atomic E-state index is 0.198. The maximum absolute atomic E-state index is 12.9. The number of benzene rings is 1. The van der Waals surface area contributed by atoms with E-state index in [0.29, 0.717) is 0 Å². The number of hydrogen-bond donors (Lipinski definition) is 0. The standard InChI is InChI=1S/C8H2F4S/c9-4-3-1-2-13-8(3)7(12)6(11)5(4)10/h1-2H. The molecule has 0 fully saturated rings. The lowest BCUT2D eigenvalue weighted by atomic mass is 10.2. The Morgan fingerprint density at radius 1 is 0.846 bits per heavy atom. The summed E-state index contributed by atoms with van der Waals surface area (Å²) >= 11 is 0.829. The van der Waals surface area contributed by atoms with Gasteiger partial charge in [-0.15, -0.1) is 11.3 Å². The highest BCUT2D eigenvalue weighted by Gasteiger charge is 2.20. The number of rotatable bonds is 0. The van der Waals surface area contributed by atoms with Gasteiger partial charge in [-0.25, -0.2) is 17.6 Å². The van der Waals surface area contributed by atoms with Crippen LogP contribution in [0, 0.1) is 23.3 Å². The first-order valence-corrected chi connectivity index (χ1v) is 4.20. The second-order valence-corrected chi connectivity index (χ2v) is 3.34. The Morgan fingerprint density at radius 3 is 2.15 bits per heavy atom. The van der Waals surface area contributed by atoms with Gasteiger partial charge in [0, 0.05) is 5.39 Å². The van der Waals surface area contributed by atoms with E-state index in [9.17, 15) is 17.6 Å². The van der Waals surface area contributed by atoms with Crippen molar-refractivity contribution in [1.29, 1.82) is 0 Å². The lowest BCUT2D eigenvalue weighted by Gasteiger charge is -1.98. The Kier molecular flexibility index (Phi) is 1.76. The molecule has 0 N–H and O–H groups in total. The predicted octanol–water partition coefficient (Wildman–Crippen LogP) is 3.46. The van der Waals surface area contributed by atoms with Crippen LogP contribution in [-0.4, -0.2) is 0 Å². The second kappa shape index (κ2) is 2.70. The van der Waals surface area contributed by atoms with Crippen LogP contribution in [-0.2, 0) is 0 Å². The lowest BCUT2D eigenvalue weighted by molar-refractivity contribution is 0.419. The normalized spacial score (nSPS) is 11.1. The van der Waals surface area contributed by atoms with E-state index in [-0.39, 0.29) is 10.1 Å². The minimum Gasteiger partial charge on any atom is -0.203 e. The van der Waals surface area contributed by atoms with E-state index in [1.807, 2.05) is 0 Å². The van der Waals surface area contributed by atoms with Crippen molar-refractivity contribution in [2.75, 3.05) is 0 Å². The summed E-state index contributed by atoms with van der Waals surface area (Å²) in [4.78, 5) is 0. The molecule has 0 amide bonds. The summed E-state index contributed by atoms with van der Waals surface area (Å²) in [5.74, 6) is -6.19. The van der Waals surface area contributed by atoms with Crippen molar-refractivity contribution in [3.63, 3.8) is 0 Å². The first kappa shape index (κ1) is 8.50. The van der Waals surface area contributed by atoms with Gasteiger partial charge < -0.3 is 0 Å². The fourth-order valence-corrected chi connectivity index (χ4v) is 1.88. The Balaban J connectivity index is 3.02. The van der Waals surface area contributed by atoms with Crippen LogP contribution >= 0.6 is 11.3 Å². The van der Waals surface area contributed by atoms with Crippen LogP contribution in [0.5, 0.6) is 0 Å². The molecule has 5 heteroatoms. The largest absolute Gasteiger partial charge is 0.203 e. The molecule has 1 aromatic carbocycles. The molecule has 0 aliphatic carbocycles. The molecular formula is C8H2F4S. The van der Waals surface area contributed by atoms with Gasteiger partial charge in [0.15, 0.2) is 23.3 Å². The van der Waals surface area contributed by atoms with Gasteiger partial charge in [-0.1, -0.05) is 0 Å². The third-order valence-corrected chi connectivity index (χ3v) is 2.59. The maximum Gasteiger partial charge on any atom is 0.198 e. The molecule has 0 saturated carbocycles. The van der Waals surface area contributed by atoms with E-state index in [1.165, 1.54) is 11.4 Å². The fraction of sp³-hybridized carbons (Fsp3) is 0. The van der Waals surface area contributed by atoms with Crippen molar-refractivity contribution in [1.82, 2.24) is 0 Å². The van der Waals surface area contributed by atoms with Gasteiger partial charge in [0.2, 0.25) is 0 Å².